The number of ketones is 1. The Morgan fingerprint density at radius 3 is 2.53 bits per heavy atom. The summed E-state index contributed by atoms with van der Waals surface area (Å²) in [6.07, 6.45) is 0.442. The molecular formula is C14H18N2O. The van der Waals surface area contributed by atoms with E-state index in [0.717, 1.165) is 11.1 Å². The zero-order valence-corrected chi connectivity index (χ0v) is 10.6. The number of hydrogen-bond donors (Lipinski definition) is 0. The molecule has 0 bridgehead atoms. The summed E-state index contributed by atoms with van der Waals surface area (Å²) in [5.41, 5.74) is 1.87. The normalized spacial score (nSPS) is 12.2. The minimum Gasteiger partial charge on any atom is -0.295 e. The molecule has 0 aliphatic heterocycles. The van der Waals surface area contributed by atoms with Gasteiger partial charge >= 0.3 is 0 Å². The third kappa shape index (κ3) is 4.01. The smallest absolute Gasteiger partial charge is 0.176 e. The highest BCUT2D eigenvalue weighted by atomic mass is 16.1. The van der Waals surface area contributed by atoms with E-state index in [4.69, 9.17) is 5.26 Å². The molecule has 0 saturated carbocycles. The van der Waals surface area contributed by atoms with Gasteiger partial charge in [0.15, 0.2) is 5.78 Å². The molecule has 0 fully saturated rings. The second-order valence-corrected chi connectivity index (χ2v) is 4.42. The van der Waals surface area contributed by atoms with E-state index in [2.05, 4.69) is 6.07 Å². The maximum Gasteiger partial charge on any atom is 0.176 e. The van der Waals surface area contributed by atoms with Crippen molar-refractivity contribution in [3.8, 4) is 6.07 Å². The molecule has 1 rings (SSSR count). The van der Waals surface area contributed by atoms with Crippen molar-refractivity contribution in [3.05, 3.63) is 35.4 Å². The first-order valence-electron chi connectivity index (χ1n) is 5.71. The van der Waals surface area contributed by atoms with Gasteiger partial charge in [-0.05, 0) is 20.9 Å². The molecule has 0 amide bonds. The molecule has 0 N–H and O–H groups in total. The molecule has 90 valence electrons. The summed E-state index contributed by atoms with van der Waals surface area (Å²) in [7, 11) is 1.87. The lowest BCUT2D eigenvalue weighted by Gasteiger charge is -2.21. The van der Waals surface area contributed by atoms with Crippen LogP contribution in [0.4, 0.5) is 0 Å². The molecule has 0 aliphatic rings. The highest BCUT2D eigenvalue weighted by molar-refractivity contribution is 5.97. The van der Waals surface area contributed by atoms with Gasteiger partial charge in [0.25, 0.3) is 0 Å². The minimum absolute atomic E-state index is 0.0947. The molecule has 17 heavy (non-hydrogen) atoms. The van der Waals surface area contributed by atoms with Crippen molar-refractivity contribution >= 4 is 5.78 Å². The first-order chi connectivity index (χ1) is 8.04. The fraction of sp³-hybridized carbons (Fsp3) is 0.429. The van der Waals surface area contributed by atoms with E-state index in [1.54, 1.807) is 0 Å². The Labute approximate surface area is 103 Å². The van der Waals surface area contributed by atoms with E-state index in [0.29, 0.717) is 13.0 Å². The maximum atomic E-state index is 12.0. The van der Waals surface area contributed by atoms with Crippen LogP contribution in [-0.4, -0.2) is 30.3 Å². The second kappa shape index (κ2) is 6.17. The minimum atomic E-state index is 0.0947. The molecule has 1 aromatic rings. The Bertz CT molecular complexity index is 417. The molecular weight excluding hydrogens is 212 g/mol. The predicted molar refractivity (Wildman–Crippen MR) is 67.8 cm³/mol. The Hall–Kier alpha value is -1.66. The largest absolute Gasteiger partial charge is 0.295 e. The van der Waals surface area contributed by atoms with Crippen LogP contribution in [0.15, 0.2) is 24.3 Å². The van der Waals surface area contributed by atoms with Gasteiger partial charge in [-0.1, -0.05) is 29.8 Å². The summed E-state index contributed by atoms with van der Waals surface area (Å²) in [5.74, 6) is 0.0947. The van der Waals surface area contributed by atoms with Crippen molar-refractivity contribution in [1.29, 1.82) is 5.26 Å². The van der Waals surface area contributed by atoms with Gasteiger partial charge in [0.05, 0.1) is 19.0 Å². The lowest BCUT2D eigenvalue weighted by atomic mass is 10.1. The standard InChI is InChI=1S/C14H18N2O/c1-11-4-6-13(7-5-11)14(17)10-16(3)12(2)8-9-15/h4-7,12H,8,10H2,1-3H3. The summed E-state index contributed by atoms with van der Waals surface area (Å²) >= 11 is 0. The van der Waals surface area contributed by atoms with Crippen LogP contribution >= 0.6 is 0 Å². The average molecular weight is 230 g/mol. The highest BCUT2D eigenvalue weighted by Crippen LogP contribution is 2.07. The molecule has 1 unspecified atom stereocenters. The van der Waals surface area contributed by atoms with Gasteiger partial charge in [0.2, 0.25) is 0 Å². The van der Waals surface area contributed by atoms with Gasteiger partial charge in [0, 0.05) is 11.6 Å². The average Bonchev–Trinajstić information content (AvgIpc) is 2.30. The van der Waals surface area contributed by atoms with Gasteiger partial charge < -0.3 is 0 Å². The molecule has 3 heteroatoms. The maximum absolute atomic E-state index is 12.0. The number of carbonyl (C=O) groups excluding carboxylic acids is 1. The quantitative estimate of drug-likeness (QED) is 0.730. The van der Waals surface area contributed by atoms with E-state index in [-0.39, 0.29) is 11.8 Å². The fourth-order valence-corrected chi connectivity index (χ4v) is 1.50. The predicted octanol–water partition coefficient (Wildman–Crippen LogP) is 2.41. The third-order valence-corrected chi connectivity index (χ3v) is 2.91. The van der Waals surface area contributed by atoms with Crippen molar-refractivity contribution < 1.29 is 4.79 Å². The van der Waals surface area contributed by atoms with E-state index in [1.807, 2.05) is 50.1 Å². The topological polar surface area (TPSA) is 44.1 Å². The number of benzene rings is 1. The van der Waals surface area contributed by atoms with Crippen molar-refractivity contribution in [2.45, 2.75) is 26.3 Å². The molecule has 0 aromatic heterocycles. The molecule has 1 aromatic carbocycles. The van der Waals surface area contributed by atoms with Crippen molar-refractivity contribution in [3.63, 3.8) is 0 Å². The van der Waals surface area contributed by atoms with Crippen molar-refractivity contribution in [2.24, 2.45) is 0 Å². The first-order valence-corrected chi connectivity index (χ1v) is 5.71. The van der Waals surface area contributed by atoms with Crippen molar-refractivity contribution in [1.82, 2.24) is 4.90 Å². The lowest BCUT2D eigenvalue weighted by molar-refractivity contribution is 0.0926. The number of carbonyl (C=O) groups is 1. The van der Waals surface area contributed by atoms with Crippen LogP contribution in [0.25, 0.3) is 0 Å². The second-order valence-electron chi connectivity index (χ2n) is 4.42. The Balaban J connectivity index is 2.60. The van der Waals surface area contributed by atoms with Gasteiger partial charge in [-0.3, -0.25) is 9.69 Å². The SMILES string of the molecule is Cc1ccc(C(=O)CN(C)C(C)CC#N)cc1. The molecule has 0 heterocycles. The van der Waals surface area contributed by atoms with E-state index >= 15 is 0 Å². The number of Topliss-reactive ketones (excluding diaryl/α,β-unsaturated/α-hetero) is 1. The number of nitriles is 1. The summed E-state index contributed by atoms with van der Waals surface area (Å²) in [5, 5.41) is 8.61. The first kappa shape index (κ1) is 13.4. The number of nitrogens with zero attached hydrogens (tertiary/aromatic N) is 2. The van der Waals surface area contributed by atoms with Gasteiger partial charge in [0.1, 0.15) is 0 Å². The van der Waals surface area contributed by atoms with E-state index in [9.17, 15) is 4.79 Å². The Kier molecular flexibility index (Phi) is 4.86. The van der Waals surface area contributed by atoms with Gasteiger partial charge in [-0.2, -0.15) is 5.26 Å². The van der Waals surface area contributed by atoms with Gasteiger partial charge in [-0.25, -0.2) is 0 Å². The highest BCUT2D eigenvalue weighted by Gasteiger charge is 2.13. The molecule has 0 aliphatic carbocycles. The molecule has 1 atom stereocenters. The van der Waals surface area contributed by atoms with Crippen LogP contribution in [0, 0.1) is 18.3 Å². The number of rotatable bonds is 5. The zero-order chi connectivity index (χ0) is 12.8. The van der Waals surface area contributed by atoms with Gasteiger partial charge in [-0.15, -0.1) is 0 Å². The van der Waals surface area contributed by atoms with Crippen LogP contribution in [-0.2, 0) is 0 Å². The van der Waals surface area contributed by atoms with Crippen LogP contribution in [0.3, 0.4) is 0 Å². The fourth-order valence-electron chi connectivity index (χ4n) is 1.50. The number of likely N-dealkylation sites (N-methyl/N-ethyl adjacent to an activating group) is 1. The van der Waals surface area contributed by atoms with Crippen LogP contribution in [0.1, 0.15) is 29.3 Å². The monoisotopic (exact) mass is 230 g/mol. The Morgan fingerprint density at radius 1 is 1.41 bits per heavy atom. The summed E-state index contributed by atoms with van der Waals surface area (Å²) in [6.45, 7) is 4.30. The Morgan fingerprint density at radius 2 is 2.00 bits per heavy atom. The summed E-state index contributed by atoms with van der Waals surface area (Å²) in [6, 6.07) is 9.79. The summed E-state index contributed by atoms with van der Waals surface area (Å²) < 4.78 is 0. The van der Waals surface area contributed by atoms with E-state index < -0.39 is 0 Å². The molecule has 0 saturated heterocycles. The number of hydrogen-bond acceptors (Lipinski definition) is 3. The zero-order valence-electron chi connectivity index (χ0n) is 10.6. The van der Waals surface area contributed by atoms with Crippen LogP contribution < -0.4 is 0 Å². The van der Waals surface area contributed by atoms with E-state index in [1.165, 1.54) is 0 Å². The number of aryl methyl sites for hydroxylation is 1. The lowest BCUT2D eigenvalue weighted by Crippen LogP contribution is -2.33. The third-order valence-electron chi connectivity index (χ3n) is 2.91. The van der Waals surface area contributed by atoms with Crippen molar-refractivity contribution in [2.75, 3.05) is 13.6 Å². The van der Waals surface area contributed by atoms with Crippen LogP contribution in [0.2, 0.25) is 0 Å². The molecule has 3 nitrogen and oxygen atoms in total. The molecule has 0 radical (unpaired) electrons. The summed E-state index contributed by atoms with van der Waals surface area (Å²) in [4.78, 5) is 13.9. The van der Waals surface area contributed by atoms with Crippen LogP contribution in [0.5, 0.6) is 0 Å². The molecule has 0 spiro atoms.